The number of carbonyl (C=O) groups is 2. The van der Waals surface area contributed by atoms with Gasteiger partial charge >= 0.3 is 13.8 Å². The van der Waals surface area contributed by atoms with Gasteiger partial charge in [-0.25, -0.2) is 0 Å². The molecule has 0 aliphatic heterocycles. The summed E-state index contributed by atoms with van der Waals surface area (Å²) in [7, 11) is -1.96. The van der Waals surface area contributed by atoms with Gasteiger partial charge in [-0.1, -0.05) is 4.57 Å². The Kier molecular flexibility index (Phi) is 4.57. The first-order valence-corrected chi connectivity index (χ1v) is 4.45. The Hall–Kier alpha value is -0.800. The fourth-order valence-corrected chi connectivity index (χ4v) is 1.08. The Labute approximate surface area is 63.8 Å². The van der Waals surface area contributed by atoms with Crippen molar-refractivity contribution >= 4 is 19.6 Å². The van der Waals surface area contributed by atoms with Crippen LogP contribution in [-0.4, -0.2) is 34.5 Å². The van der Waals surface area contributed by atoms with E-state index in [0.29, 0.717) is 0 Å². The summed E-state index contributed by atoms with van der Waals surface area (Å²) in [6, 6.07) is 0. The van der Waals surface area contributed by atoms with Crippen LogP contribution in [0.25, 0.3) is 0 Å². The topological polar surface area (TPSA) is 91.7 Å². The zero-order valence-electron chi connectivity index (χ0n) is 5.69. The molecular formula is C5H8O5P+. The van der Waals surface area contributed by atoms with Gasteiger partial charge < -0.3 is 10.2 Å². The molecule has 0 spiro atoms. The summed E-state index contributed by atoms with van der Waals surface area (Å²) in [6.45, 7) is 0. The first-order chi connectivity index (χ1) is 5.06. The lowest BCUT2D eigenvalue weighted by Gasteiger charge is -1.85. The lowest BCUT2D eigenvalue weighted by atomic mass is 10.3. The average Bonchev–Trinajstić information content (AvgIpc) is 1.85. The molecule has 0 heterocycles. The van der Waals surface area contributed by atoms with Crippen LogP contribution < -0.4 is 0 Å². The Morgan fingerprint density at radius 2 is 1.91 bits per heavy atom. The van der Waals surface area contributed by atoms with Gasteiger partial charge in [-0.2, -0.15) is 0 Å². The summed E-state index contributed by atoms with van der Waals surface area (Å²) in [4.78, 5) is 20.4. The molecule has 0 fully saturated rings. The largest absolute Gasteiger partial charge is 0.481 e. The first-order valence-electron chi connectivity index (χ1n) is 2.82. The van der Waals surface area contributed by atoms with Crippen LogP contribution in [0.1, 0.15) is 6.42 Å². The number of rotatable bonds is 5. The number of ketones is 1. The van der Waals surface area contributed by atoms with Crippen LogP contribution in [0, 0.1) is 0 Å². The molecule has 0 bridgehead atoms. The van der Waals surface area contributed by atoms with E-state index < -0.39 is 32.3 Å². The third-order valence-electron chi connectivity index (χ3n) is 0.859. The summed E-state index contributed by atoms with van der Waals surface area (Å²) in [5.74, 6) is -1.86. The van der Waals surface area contributed by atoms with Crippen LogP contribution in [0.5, 0.6) is 0 Å². The molecule has 0 aromatic rings. The molecule has 0 amide bonds. The number of carbonyl (C=O) groups excluding carboxylic acids is 1. The molecule has 0 aliphatic carbocycles. The second-order valence-corrected chi connectivity index (χ2v) is 3.45. The van der Waals surface area contributed by atoms with Gasteiger partial charge in [0.05, 0.1) is 0 Å². The van der Waals surface area contributed by atoms with Crippen LogP contribution >= 0.6 is 7.80 Å². The number of aliphatic hydroxyl groups is 1. The van der Waals surface area contributed by atoms with Crippen molar-refractivity contribution < 1.29 is 24.4 Å². The molecule has 0 radical (unpaired) electrons. The molecule has 11 heavy (non-hydrogen) atoms. The molecule has 0 saturated carbocycles. The molecule has 5 nitrogen and oxygen atoms in total. The van der Waals surface area contributed by atoms with Crippen LogP contribution in [-0.2, 0) is 14.2 Å². The molecule has 0 aromatic carbocycles. The Bertz CT molecular complexity index is 187. The number of aliphatic carboxylic acids is 1. The molecule has 0 aliphatic rings. The van der Waals surface area contributed by atoms with Gasteiger partial charge in [-0.15, -0.1) is 0 Å². The summed E-state index contributed by atoms with van der Waals surface area (Å²) in [5, 5.41) is 16.3. The van der Waals surface area contributed by atoms with Crippen LogP contribution in [0.2, 0.25) is 0 Å². The third-order valence-corrected chi connectivity index (χ3v) is 1.88. The highest BCUT2D eigenvalue weighted by Gasteiger charge is 2.20. The van der Waals surface area contributed by atoms with Crippen molar-refractivity contribution in [2.45, 2.75) is 6.42 Å². The molecule has 0 aromatic heterocycles. The van der Waals surface area contributed by atoms with E-state index in [2.05, 4.69) is 0 Å². The van der Waals surface area contributed by atoms with Crippen LogP contribution in [0.4, 0.5) is 0 Å². The third kappa shape index (κ3) is 5.63. The maximum absolute atomic E-state index is 10.5. The van der Waals surface area contributed by atoms with E-state index >= 15 is 0 Å². The number of Topliss-reactive ketones (excluding diaryl/α,β-unsaturated/α-hetero) is 1. The number of hydrogen-bond acceptors (Lipinski definition) is 4. The molecule has 6 heteroatoms. The van der Waals surface area contributed by atoms with Crippen molar-refractivity contribution in [1.82, 2.24) is 0 Å². The fraction of sp³-hybridized carbons (Fsp3) is 0.600. The van der Waals surface area contributed by atoms with E-state index in [0.717, 1.165) is 0 Å². The summed E-state index contributed by atoms with van der Waals surface area (Å²) in [5.41, 5.74) is 0. The van der Waals surface area contributed by atoms with Crippen molar-refractivity contribution in [2.75, 3.05) is 12.5 Å². The van der Waals surface area contributed by atoms with E-state index in [1.807, 2.05) is 0 Å². The van der Waals surface area contributed by atoms with E-state index in [9.17, 15) is 14.2 Å². The van der Waals surface area contributed by atoms with Crippen LogP contribution in [0.3, 0.4) is 0 Å². The summed E-state index contributed by atoms with van der Waals surface area (Å²) in [6.07, 6.45) is -1.54. The minimum atomic E-state index is -1.96. The van der Waals surface area contributed by atoms with Crippen molar-refractivity contribution in [3.63, 3.8) is 0 Å². The predicted molar refractivity (Wildman–Crippen MR) is 36.8 cm³/mol. The minimum Gasteiger partial charge on any atom is -0.481 e. The molecule has 1 atom stereocenters. The molecule has 0 saturated heterocycles. The van der Waals surface area contributed by atoms with E-state index in [4.69, 9.17) is 10.2 Å². The quantitative estimate of drug-likeness (QED) is 0.450. The monoisotopic (exact) mass is 179 g/mol. The molecule has 0 rings (SSSR count). The standard InChI is InChI=1S/C5H7O5P/c6-3-11(10)2-4(7)1-5(8)9/h6H,1-3H2/p+1. The van der Waals surface area contributed by atoms with E-state index in [1.165, 1.54) is 0 Å². The lowest BCUT2D eigenvalue weighted by molar-refractivity contribution is -0.139. The summed E-state index contributed by atoms with van der Waals surface area (Å²) >= 11 is 0. The Balaban J connectivity index is 3.70. The van der Waals surface area contributed by atoms with Gasteiger partial charge in [0.2, 0.25) is 12.5 Å². The molecular weight excluding hydrogens is 171 g/mol. The SMILES string of the molecule is O=C(O)CC(=O)C[P+](=O)CO. The van der Waals surface area contributed by atoms with Gasteiger partial charge in [-0.05, 0) is 0 Å². The number of aliphatic hydroxyl groups excluding tert-OH is 1. The summed E-state index contributed by atoms with van der Waals surface area (Å²) < 4.78 is 10.5. The predicted octanol–water partition coefficient (Wildman–Crippen LogP) is -0.193. The van der Waals surface area contributed by atoms with Crippen molar-refractivity contribution in [2.24, 2.45) is 0 Å². The molecule has 1 unspecified atom stereocenters. The minimum absolute atomic E-state index is 0.349. The average molecular weight is 179 g/mol. The highest BCUT2D eigenvalue weighted by atomic mass is 31.1. The van der Waals surface area contributed by atoms with Crippen molar-refractivity contribution in [3.05, 3.63) is 0 Å². The molecule has 62 valence electrons. The maximum Gasteiger partial charge on any atom is 0.374 e. The Morgan fingerprint density at radius 3 is 2.27 bits per heavy atom. The zero-order chi connectivity index (χ0) is 8.85. The van der Waals surface area contributed by atoms with Gasteiger partial charge in [0.15, 0.2) is 5.78 Å². The number of carboxylic acid groups (broad SMARTS) is 1. The van der Waals surface area contributed by atoms with Gasteiger partial charge in [-0.3, -0.25) is 9.59 Å². The maximum atomic E-state index is 10.5. The van der Waals surface area contributed by atoms with Crippen molar-refractivity contribution in [3.8, 4) is 0 Å². The van der Waals surface area contributed by atoms with Gasteiger partial charge in [0, 0.05) is 0 Å². The highest BCUT2D eigenvalue weighted by Crippen LogP contribution is 2.17. The van der Waals surface area contributed by atoms with E-state index in [-0.39, 0.29) is 6.16 Å². The van der Waals surface area contributed by atoms with Crippen molar-refractivity contribution in [1.29, 1.82) is 0 Å². The number of carboxylic acids is 1. The van der Waals surface area contributed by atoms with Gasteiger partial charge in [0.1, 0.15) is 6.42 Å². The normalized spacial score (nSPS) is 10.8. The Morgan fingerprint density at radius 1 is 1.36 bits per heavy atom. The number of hydrogen-bond donors (Lipinski definition) is 2. The second kappa shape index (κ2) is 4.93. The first kappa shape index (κ1) is 10.2. The van der Waals surface area contributed by atoms with Gasteiger partial charge in [0.25, 0.3) is 0 Å². The fourth-order valence-electron chi connectivity index (χ4n) is 0.471. The second-order valence-electron chi connectivity index (χ2n) is 1.89. The molecule has 2 N–H and O–H groups in total. The lowest BCUT2D eigenvalue weighted by Crippen LogP contribution is -2.08. The zero-order valence-corrected chi connectivity index (χ0v) is 6.58. The van der Waals surface area contributed by atoms with E-state index in [1.54, 1.807) is 0 Å². The highest BCUT2D eigenvalue weighted by molar-refractivity contribution is 7.45. The smallest absolute Gasteiger partial charge is 0.374 e. The van der Waals surface area contributed by atoms with Crippen LogP contribution in [0.15, 0.2) is 0 Å².